The molecule has 0 amide bonds. The molecule has 0 radical (unpaired) electrons. The zero-order valence-corrected chi connectivity index (χ0v) is 12.4. The molecule has 1 N–H and O–H groups in total. The molecule has 1 unspecified atom stereocenters. The number of rotatable bonds is 8. The molecule has 0 fully saturated rings. The number of hydrogen-bond acceptors (Lipinski definition) is 4. The highest BCUT2D eigenvalue weighted by molar-refractivity contribution is 7.12. The lowest BCUT2D eigenvalue weighted by Crippen LogP contribution is -2.33. The first-order chi connectivity index (χ1) is 8.74. The van der Waals surface area contributed by atoms with Crippen LogP contribution in [0.2, 0.25) is 0 Å². The zero-order chi connectivity index (χ0) is 13.4. The lowest BCUT2D eigenvalue weighted by atomic mass is 10.2. The molecule has 0 spiro atoms. The van der Waals surface area contributed by atoms with Crippen molar-refractivity contribution in [2.75, 3.05) is 26.2 Å². The number of nitrogens with zero attached hydrogens (tertiary/aromatic N) is 2. The number of aryl methyl sites for hydroxylation is 1. The average Bonchev–Trinajstić information content (AvgIpc) is 2.88. The summed E-state index contributed by atoms with van der Waals surface area (Å²) in [5.74, 6) is 0. The third-order valence-electron chi connectivity index (χ3n) is 3.12. The Balaban J connectivity index is 2.45. The Bertz CT molecular complexity index is 377. The molecule has 1 aromatic rings. The van der Waals surface area contributed by atoms with E-state index in [0.29, 0.717) is 0 Å². The summed E-state index contributed by atoms with van der Waals surface area (Å²) in [4.78, 5) is 4.83. The van der Waals surface area contributed by atoms with Gasteiger partial charge in [-0.3, -0.25) is 5.32 Å². The third-order valence-corrected chi connectivity index (χ3v) is 4.41. The maximum Gasteiger partial charge on any atom is 0.130 e. The quantitative estimate of drug-likeness (QED) is 0.785. The van der Waals surface area contributed by atoms with E-state index in [0.717, 1.165) is 37.5 Å². The second-order valence-corrected chi connectivity index (χ2v) is 5.40. The fourth-order valence-corrected chi connectivity index (χ4v) is 2.83. The van der Waals surface area contributed by atoms with Gasteiger partial charge in [-0.15, -0.1) is 11.3 Å². The summed E-state index contributed by atoms with van der Waals surface area (Å²) >= 11 is 1.74. The van der Waals surface area contributed by atoms with Gasteiger partial charge in [0.05, 0.1) is 6.07 Å². The Kier molecular flexibility index (Phi) is 6.96. The Morgan fingerprint density at radius 1 is 1.33 bits per heavy atom. The molecule has 0 bridgehead atoms. The standard InChI is InChI=1S/C14H23N3S/c1-4-12-7-8-14(18-12)13(11-15)16-9-10-17(5-2)6-3/h7-8,13,16H,4-6,9-10H2,1-3H3. The van der Waals surface area contributed by atoms with E-state index in [1.165, 1.54) is 4.88 Å². The van der Waals surface area contributed by atoms with Gasteiger partial charge in [-0.25, -0.2) is 0 Å². The van der Waals surface area contributed by atoms with Gasteiger partial charge in [0.15, 0.2) is 0 Å². The molecule has 100 valence electrons. The lowest BCUT2D eigenvalue weighted by molar-refractivity contribution is 0.300. The van der Waals surface area contributed by atoms with Crippen LogP contribution in [0, 0.1) is 11.3 Å². The number of hydrogen-bond donors (Lipinski definition) is 1. The molecule has 4 heteroatoms. The van der Waals surface area contributed by atoms with Crippen molar-refractivity contribution in [1.29, 1.82) is 5.26 Å². The smallest absolute Gasteiger partial charge is 0.130 e. The molecular formula is C14H23N3S. The molecule has 0 aromatic carbocycles. The van der Waals surface area contributed by atoms with E-state index in [1.54, 1.807) is 11.3 Å². The summed E-state index contributed by atoms with van der Waals surface area (Å²) in [5, 5.41) is 12.6. The Labute approximate surface area is 114 Å². The van der Waals surface area contributed by atoms with Crippen LogP contribution in [0.1, 0.15) is 36.6 Å². The highest BCUT2D eigenvalue weighted by Crippen LogP contribution is 2.23. The normalized spacial score (nSPS) is 12.6. The van der Waals surface area contributed by atoms with Gasteiger partial charge in [0.25, 0.3) is 0 Å². The van der Waals surface area contributed by atoms with Crippen molar-refractivity contribution in [3.63, 3.8) is 0 Å². The maximum absolute atomic E-state index is 9.22. The van der Waals surface area contributed by atoms with Gasteiger partial charge in [0.1, 0.15) is 6.04 Å². The SMILES string of the molecule is CCc1ccc(C(C#N)NCCN(CC)CC)s1. The number of nitrogens with one attached hydrogen (secondary N) is 1. The number of likely N-dealkylation sites (N-methyl/N-ethyl adjacent to an activating group) is 1. The van der Waals surface area contributed by atoms with Crippen molar-refractivity contribution in [2.45, 2.75) is 33.2 Å². The van der Waals surface area contributed by atoms with E-state index in [-0.39, 0.29) is 6.04 Å². The Morgan fingerprint density at radius 2 is 2.06 bits per heavy atom. The van der Waals surface area contributed by atoms with Crippen LogP contribution in [0.15, 0.2) is 12.1 Å². The third kappa shape index (κ3) is 4.41. The van der Waals surface area contributed by atoms with Crippen LogP contribution in [0.5, 0.6) is 0 Å². The summed E-state index contributed by atoms with van der Waals surface area (Å²) in [6.07, 6.45) is 1.04. The van der Waals surface area contributed by atoms with Gasteiger partial charge in [-0.2, -0.15) is 5.26 Å². The van der Waals surface area contributed by atoms with Crippen LogP contribution in [0.3, 0.4) is 0 Å². The van der Waals surface area contributed by atoms with Crippen molar-refractivity contribution in [3.05, 3.63) is 21.9 Å². The molecular weight excluding hydrogens is 242 g/mol. The first-order valence-corrected chi connectivity index (χ1v) is 7.50. The van der Waals surface area contributed by atoms with Crippen LogP contribution < -0.4 is 5.32 Å². The van der Waals surface area contributed by atoms with Crippen molar-refractivity contribution < 1.29 is 0 Å². The van der Waals surface area contributed by atoms with E-state index >= 15 is 0 Å². The van der Waals surface area contributed by atoms with E-state index < -0.39 is 0 Å². The van der Waals surface area contributed by atoms with Gasteiger partial charge in [-0.05, 0) is 31.6 Å². The van der Waals surface area contributed by atoms with E-state index in [4.69, 9.17) is 0 Å². The van der Waals surface area contributed by atoms with Crippen LogP contribution in [0.25, 0.3) is 0 Å². The molecule has 0 aliphatic carbocycles. The maximum atomic E-state index is 9.22. The van der Waals surface area contributed by atoms with Crippen LogP contribution in [-0.4, -0.2) is 31.1 Å². The molecule has 3 nitrogen and oxygen atoms in total. The highest BCUT2D eigenvalue weighted by Gasteiger charge is 2.12. The fraction of sp³-hybridized carbons (Fsp3) is 0.643. The largest absolute Gasteiger partial charge is 0.303 e. The molecule has 0 aliphatic rings. The predicted molar refractivity (Wildman–Crippen MR) is 77.8 cm³/mol. The second kappa shape index (κ2) is 8.25. The minimum Gasteiger partial charge on any atom is -0.303 e. The van der Waals surface area contributed by atoms with Crippen molar-refractivity contribution in [3.8, 4) is 6.07 Å². The predicted octanol–water partition coefficient (Wildman–Crippen LogP) is 2.81. The molecule has 0 aliphatic heterocycles. The van der Waals surface area contributed by atoms with Crippen LogP contribution in [0.4, 0.5) is 0 Å². The molecule has 0 saturated carbocycles. The minimum atomic E-state index is -0.161. The van der Waals surface area contributed by atoms with E-state index in [9.17, 15) is 5.26 Å². The summed E-state index contributed by atoms with van der Waals surface area (Å²) in [6, 6.07) is 6.38. The molecule has 1 rings (SSSR count). The average molecular weight is 265 g/mol. The summed E-state index contributed by atoms with van der Waals surface area (Å²) in [7, 11) is 0. The van der Waals surface area contributed by atoms with Crippen LogP contribution >= 0.6 is 11.3 Å². The van der Waals surface area contributed by atoms with Gasteiger partial charge >= 0.3 is 0 Å². The fourth-order valence-electron chi connectivity index (χ4n) is 1.86. The minimum absolute atomic E-state index is 0.161. The molecule has 1 heterocycles. The molecule has 1 aromatic heterocycles. The van der Waals surface area contributed by atoms with Gasteiger partial charge in [-0.1, -0.05) is 20.8 Å². The monoisotopic (exact) mass is 265 g/mol. The molecule has 18 heavy (non-hydrogen) atoms. The van der Waals surface area contributed by atoms with Crippen molar-refractivity contribution in [1.82, 2.24) is 10.2 Å². The zero-order valence-electron chi connectivity index (χ0n) is 11.6. The van der Waals surface area contributed by atoms with Gasteiger partial charge in [0, 0.05) is 22.8 Å². The Morgan fingerprint density at radius 3 is 2.56 bits per heavy atom. The van der Waals surface area contributed by atoms with Crippen LogP contribution in [-0.2, 0) is 6.42 Å². The highest BCUT2D eigenvalue weighted by atomic mass is 32.1. The topological polar surface area (TPSA) is 39.1 Å². The number of nitriles is 1. The second-order valence-electron chi connectivity index (χ2n) is 4.20. The number of thiophene rings is 1. The van der Waals surface area contributed by atoms with Crippen molar-refractivity contribution in [2.24, 2.45) is 0 Å². The Hall–Kier alpha value is -0.890. The summed E-state index contributed by atoms with van der Waals surface area (Å²) < 4.78 is 0. The molecule has 0 saturated heterocycles. The first-order valence-electron chi connectivity index (χ1n) is 6.69. The molecule has 1 atom stereocenters. The van der Waals surface area contributed by atoms with Gasteiger partial charge in [0.2, 0.25) is 0 Å². The lowest BCUT2D eigenvalue weighted by Gasteiger charge is -2.19. The van der Waals surface area contributed by atoms with E-state index in [2.05, 4.69) is 49.2 Å². The van der Waals surface area contributed by atoms with Gasteiger partial charge < -0.3 is 4.90 Å². The first kappa shape index (κ1) is 15.2. The summed E-state index contributed by atoms with van der Waals surface area (Å²) in [5.41, 5.74) is 0. The summed E-state index contributed by atoms with van der Waals surface area (Å²) in [6.45, 7) is 10.5. The van der Waals surface area contributed by atoms with E-state index in [1.807, 2.05) is 0 Å². The van der Waals surface area contributed by atoms with Crippen molar-refractivity contribution >= 4 is 11.3 Å².